The monoisotopic (exact) mass is 135 g/mol. The van der Waals surface area contributed by atoms with Gasteiger partial charge in [-0.25, -0.2) is 8.42 Å². The standard InChI is InChI=1S/C5H11O2S/c1-4-5(2)8(3,6)7/h5H,3-4H2,1-2H3. The molecule has 0 aliphatic heterocycles. The fraction of sp³-hybridized carbons (Fsp3) is 0.800. The quantitative estimate of drug-likeness (QED) is 0.566. The molecule has 49 valence electrons. The highest BCUT2D eigenvalue weighted by Crippen LogP contribution is 2.02. The summed E-state index contributed by atoms with van der Waals surface area (Å²) in [6, 6.07) is 0. The van der Waals surface area contributed by atoms with Crippen LogP contribution in [0.25, 0.3) is 0 Å². The van der Waals surface area contributed by atoms with Gasteiger partial charge < -0.3 is 0 Å². The molecule has 0 rings (SSSR count). The third kappa shape index (κ3) is 2.31. The minimum atomic E-state index is -3.00. The molecule has 3 heteroatoms. The molecule has 1 radical (unpaired) electrons. The summed E-state index contributed by atoms with van der Waals surface area (Å²) in [6.45, 7) is 3.48. The molecule has 1 unspecified atom stereocenters. The lowest BCUT2D eigenvalue weighted by Crippen LogP contribution is -2.11. The number of hydrogen-bond donors (Lipinski definition) is 0. The van der Waals surface area contributed by atoms with Crippen molar-refractivity contribution >= 4 is 9.84 Å². The third-order valence-electron chi connectivity index (χ3n) is 1.19. The molecule has 0 aliphatic rings. The van der Waals surface area contributed by atoms with Crippen LogP contribution in [-0.2, 0) is 9.84 Å². The molecule has 0 bridgehead atoms. The molecule has 0 heterocycles. The topological polar surface area (TPSA) is 34.1 Å². The van der Waals surface area contributed by atoms with E-state index in [9.17, 15) is 8.42 Å². The molecule has 0 fully saturated rings. The molecule has 0 spiro atoms. The summed E-state index contributed by atoms with van der Waals surface area (Å²) in [5.41, 5.74) is 0. The summed E-state index contributed by atoms with van der Waals surface area (Å²) >= 11 is 0. The molecule has 2 nitrogen and oxygen atoms in total. The minimum absolute atomic E-state index is 0.289. The zero-order valence-corrected chi connectivity index (χ0v) is 6.03. The fourth-order valence-electron chi connectivity index (χ4n) is 0.254. The van der Waals surface area contributed by atoms with Crippen molar-refractivity contribution in [2.75, 3.05) is 0 Å². The van der Waals surface area contributed by atoms with Crippen LogP contribution in [0.3, 0.4) is 0 Å². The number of rotatable bonds is 2. The van der Waals surface area contributed by atoms with E-state index in [-0.39, 0.29) is 5.25 Å². The van der Waals surface area contributed by atoms with E-state index in [1.807, 2.05) is 6.92 Å². The summed E-state index contributed by atoms with van der Waals surface area (Å²) in [5.74, 6) is 0. The van der Waals surface area contributed by atoms with Crippen molar-refractivity contribution in [3.8, 4) is 0 Å². The summed E-state index contributed by atoms with van der Waals surface area (Å²) in [7, 11) is -3.00. The second-order valence-corrected chi connectivity index (χ2v) is 4.01. The van der Waals surface area contributed by atoms with Crippen molar-refractivity contribution < 1.29 is 8.42 Å². The third-order valence-corrected chi connectivity index (χ3v) is 2.75. The maximum atomic E-state index is 10.5. The molecular formula is C5H11O2S. The summed E-state index contributed by atoms with van der Waals surface area (Å²) < 4.78 is 20.9. The number of hydrogen-bond acceptors (Lipinski definition) is 2. The molecule has 8 heavy (non-hydrogen) atoms. The van der Waals surface area contributed by atoms with Gasteiger partial charge in [0.1, 0.15) is 0 Å². The van der Waals surface area contributed by atoms with Gasteiger partial charge in [-0.05, 0) is 13.3 Å². The highest BCUT2D eigenvalue weighted by atomic mass is 32.2. The second-order valence-electron chi connectivity index (χ2n) is 1.88. The Labute approximate surface area is 50.8 Å². The first-order valence-electron chi connectivity index (χ1n) is 2.55. The Morgan fingerprint density at radius 2 is 2.00 bits per heavy atom. The van der Waals surface area contributed by atoms with Crippen LogP contribution < -0.4 is 0 Å². The van der Waals surface area contributed by atoms with Gasteiger partial charge in [-0.1, -0.05) is 6.92 Å². The molecule has 1 atom stereocenters. The lowest BCUT2D eigenvalue weighted by Gasteiger charge is -2.02. The average Bonchev–Trinajstić information content (AvgIpc) is 1.62. The highest BCUT2D eigenvalue weighted by Gasteiger charge is 2.10. The molecule has 0 aromatic carbocycles. The lowest BCUT2D eigenvalue weighted by molar-refractivity contribution is 0.590. The van der Waals surface area contributed by atoms with Gasteiger partial charge >= 0.3 is 0 Å². The molecule has 0 aliphatic carbocycles. The van der Waals surface area contributed by atoms with Gasteiger partial charge in [-0.2, -0.15) is 0 Å². The highest BCUT2D eigenvalue weighted by molar-refractivity contribution is 7.93. The Morgan fingerprint density at radius 1 is 1.62 bits per heavy atom. The fourth-order valence-corrected chi connectivity index (χ4v) is 0.762. The van der Waals surface area contributed by atoms with Crippen LogP contribution in [0.1, 0.15) is 20.3 Å². The van der Waals surface area contributed by atoms with Crippen molar-refractivity contribution in [1.29, 1.82) is 0 Å². The molecular weight excluding hydrogens is 124 g/mol. The van der Waals surface area contributed by atoms with E-state index in [4.69, 9.17) is 0 Å². The van der Waals surface area contributed by atoms with Crippen LogP contribution in [0.2, 0.25) is 0 Å². The zero-order valence-electron chi connectivity index (χ0n) is 5.22. The van der Waals surface area contributed by atoms with Gasteiger partial charge in [-0.3, -0.25) is 0 Å². The first kappa shape index (κ1) is 7.95. The predicted octanol–water partition coefficient (Wildman–Crippen LogP) is 0.991. The van der Waals surface area contributed by atoms with Gasteiger partial charge in [0, 0.05) is 0 Å². The van der Waals surface area contributed by atoms with Crippen LogP contribution in [0, 0.1) is 6.26 Å². The van der Waals surface area contributed by atoms with E-state index < -0.39 is 9.84 Å². The first-order chi connectivity index (χ1) is 3.48. The Kier molecular flexibility index (Phi) is 2.47. The smallest absolute Gasteiger partial charge is 0.153 e. The average molecular weight is 135 g/mol. The maximum Gasteiger partial charge on any atom is 0.153 e. The van der Waals surface area contributed by atoms with Crippen LogP contribution in [-0.4, -0.2) is 13.7 Å². The van der Waals surface area contributed by atoms with Gasteiger partial charge in [0.25, 0.3) is 0 Å². The molecule has 0 aromatic heterocycles. The van der Waals surface area contributed by atoms with Crippen molar-refractivity contribution in [3.63, 3.8) is 0 Å². The van der Waals surface area contributed by atoms with Crippen molar-refractivity contribution in [3.05, 3.63) is 6.26 Å². The van der Waals surface area contributed by atoms with Crippen LogP contribution in [0.15, 0.2) is 0 Å². The largest absolute Gasteiger partial charge is 0.229 e. The van der Waals surface area contributed by atoms with Gasteiger partial charge in [-0.15, -0.1) is 0 Å². The SMILES string of the molecule is [CH2]S(=O)(=O)C(C)CC. The second kappa shape index (κ2) is 2.49. The van der Waals surface area contributed by atoms with Crippen LogP contribution in [0.5, 0.6) is 0 Å². The van der Waals surface area contributed by atoms with Crippen molar-refractivity contribution in [2.45, 2.75) is 25.5 Å². The van der Waals surface area contributed by atoms with E-state index in [0.29, 0.717) is 6.42 Å². The number of sulfone groups is 1. The van der Waals surface area contributed by atoms with E-state index in [2.05, 4.69) is 6.26 Å². The van der Waals surface area contributed by atoms with E-state index in [0.717, 1.165) is 0 Å². The maximum absolute atomic E-state index is 10.5. The Morgan fingerprint density at radius 3 is 2.00 bits per heavy atom. The van der Waals surface area contributed by atoms with E-state index in [1.54, 1.807) is 6.92 Å². The Hall–Kier alpha value is -0.0500. The molecule has 0 aromatic rings. The molecule has 0 amide bonds. The Bertz CT molecular complexity index is 146. The summed E-state index contributed by atoms with van der Waals surface area (Å²) in [4.78, 5) is 0. The summed E-state index contributed by atoms with van der Waals surface area (Å²) in [5, 5.41) is -0.289. The van der Waals surface area contributed by atoms with Crippen LogP contribution in [0.4, 0.5) is 0 Å². The normalized spacial score (nSPS) is 15.9. The zero-order chi connectivity index (χ0) is 6.78. The van der Waals surface area contributed by atoms with E-state index >= 15 is 0 Å². The minimum Gasteiger partial charge on any atom is -0.229 e. The van der Waals surface area contributed by atoms with Crippen LogP contribution >= 0.6 is 0 Å². The lowest BCUT2D eigenvalue weighted by atomic mass is 10.4. The Balaban J connectivity index is 4.04. The van der Waals surface area contributed by atoms with Crippen molar-refractivity contribution in [1.82, 2.24) is 0 Å². The first-order valence-corrected chi connectivity index (χ1v) is 4.27. The van der Waals surface area contributed by atoms with Gasteiger partial charge in [0.05, 0.1) is 11.5 Å². The summed E-state index contributed by atoms with van der Waals surface area (Å²) in [6.07, 6.45) is 3.66. The molecule has 0 saturated heterocycles. The molecule has 0 saturated carbocycles. The molecule has 0 N–H and O–H groups in total. The van der Waals surface area contributed by atoms with Gasteiger partial charge in [0.15, 0.2) is 9.84 Å². The predicted molar refractivity (Wildman–Crippen MR) is 34.0 cm³/mol. The van der Waals surface area contributed by atoms with E-state index in [1.165, 1.54) is 0 Å². The van der Waals surface area contributed by atoms with Gasteiger partial charge in [0.2, 0.25) is 0 Å². The van der Waals surface area contributed by atoms with Crippen molar-refractivity contribution in [2.24, 2.45) is 0 Å².